The first kappa shape index (κ1) is 35.1. The summed E-state index contributed by atoms with van der Waals surface area (Å²) in [4.78, 5) is 12.3. The molecule has 36 heavy (non-hydrogen) atoms. The van der Waals surface area contributed by atoms with Gasteiger partial charge in [-0.1, -0.05) is 148 Å². The summed E-state index contributed by atoms with van der Waals surface area (Å²) in [5.41, 5.74) is 0. The second kappa shape index (κ2) is 27.1. The Morgan fingerprint density at radius 2 is 1.08 bits per heavy atom. The first-order chi connectivity index (χ1) is 17.6. The van der Waals surface area contributed by atoms with E-state index in [9.17, 15) is 20.1 Å². The van der Waals surface area contributed by atoms with Gasteiger partial charge in [-0.25, -0.2) is 0 Å². The maximum Gasteiger partial charge on any atom is 0.249 e. The van der Waals surface area contributed by atoms with E-state index >= 15 is 0 Å². The molecule has 0 saturated heterocycles. The summed E-state index contributed by atoms with van der Waals surface area (Å²) < 4.78 is 0. The number of aliphatic hydroxyl groups is 3. The molecule has 0 spiro atoms. The number of carbonyl (C=O) groups is 1. The van der Waals surface area contributed by atoms with Gasteiger partial charge in [-0.15, -0.1) is 0 Å². The molecule has 5 nitrogen and oxygen atoms in total. The fourth-order valence-corrected chi connectivity index (χ4v) is 4.59. The van der Waals surface area contributed by atoms with E-state index in [0.717, 1.165) is 32.1 Å². The van der Waals surface area contributed by atoms with Crippen LogP contribution in [0.3, 0.4) is 0 Å². The molecule has 0 aromatic heterocycles. The van der Waals surface area contributed by atoms with E-state index < -0.39 is 24.2 Å². The first-order valence-corrected chi connectivity index (χ1v) is 15.5. The molecule has 0 aliphatic rings. The number of nitrogens with one attached hydrogen (secondary N) is 1. The third-order valence-electron chi connectivity index (χ3n) is 7.13. The van der Waals surface area contributed by atoms with Gasteiger partial charge in [0.25, 0.3) is 0 Å². The number of rotatable bonds is 27. The van der Waals surface area contributed by atoms with Crippen LogP contribution in [0.15, 0.2) is 12.2 Å². The Labute approximate surface area is 223 Å². The number of hydrogen-bond donors (Lipinski definition) is 4. The third-order valence-corrected chi connectivity index (χ3v) is 7.13. The zero-order valence-electron chi connectivity index (χ0n) is 23.9. The Morgan fingerprint density at radius 3 is 1.53 bits per heavy atom. The van der Waals surface area contributed by atoms with Crippen LogP contribution in [-0.2, 0) is 4.79 Å². The molecule has 0 aromatic rings. The highest BCUT2D eigenvalue weighted by atomic mass is 16.3. The summed E-state index contributed by atoms with van der Waals surface area (Å²) >= 11 is 0. The van der Waals surface area contributed by atoms with Crippen LogP contribution >= 0.6 is 0 Å². The smallest absolute Gasteiger partial charge is 0.249 e. The van der Waals surface area contributed by atoms with Gasteiger partial charge in [0, 0.05) is 0 Å². The van der Waals surface area contributed by atoms with Crippen LogP contribution in [0.2, 0.25) is 0 Å². The first-order valence-electron chi connectivity index (χ1n) is 15.5. The van der Waals surface area contributed by atoms with E-state index in [0.29, 0.717) is 6.42 Å². The molecule has 0 bridgehead atoms. The zero-order chi connectivity index (χ0) is 26.7. The van der Waals surface area contributed by atoms with Crippen LogP contribution in [0.25, 0.3) is 0 Å². The predicted molar refractivity (Wildman–Crippen MR) is 153 cm³/mol. The molecule has 214 valence electrons. The van der Waals surface area contributed by atoms with Gasteiger partial charge in [0.2, 0.25) is 5.91 Å². The Balaban J connectivity index is 3.81. The van der Waals surface area contributed by atoms with E-state index in [1.165, 1.54) is 103 Å². The van der Waals surface area contributed by atoms with E-state index in [2.05, 4.69) is 19.2 Å². The fourth-order valence-electron chi connectivity index (χ4n) is 4.59. The van der Waals surface area contributed by atoms with Gasteiger partial charge >= 0.3 is 0 Å². The maximum atomic E-state index is 12.3. The van der Waals surface area contributed by atoms with E-state index in [1.54, 1.807) is 6.08 Å². The van der Waals surface area contributed by atoms with Gasteiger partial charge in [0.05, 0.1) is 18.8 Å². The quantitative estimate of drug-likeness (QED) is 0.0685. The Bertz CT molecular complexity index is 497. The molecule has 0 saturated carbocycles. The Kier molecular flexibility index (Phi) is 26.4. The summed E-state index contributed by atoms with van der Waals surface area (Å²) in [5, 5.41) is 32.7. The van der Waals surface area contributed by atoms with Crippen molar-refractivity contribution in [1.29, 1.82) is 0 Å². The zero-order valence-corrected chi connectivity index (χ0v) is 23.9. The lowest BCUT2D eigenvalue weighted by atomic mass is 10.0. The van der Waals surface area contributed by atoms with Gasteiger partial charge in [0.1, 0.15) is 6.10 Å². The molecule has 0 fully saturated rings. The Hall–Kier alpha value is -0.910. The standard InChI is InChI=1S/C31H61NO4/c1-3-5-7-9-11-13-15-16-18-20-22-24-26-30(35)31(36)32-28(27-33)29(34)25-23-21-19-17-14-12-10-8-6-4-2/h23,25,28-30,33-35H,3-22,24,26-27H2,1-2H3,(H,32,36)/b25-23+. The van der Waals surface area contributed by atoms with Crippen molar-refractivity contribution in [2.45, 2.75) is 173 Å². The van der Waals surface area contributed by atoms with Crippen molar-refractivity contribution in [2.75, 3.05) is 6.61 Å². The van der Waals surface area contributed by atoms with Gasteiger partial charge in [-0.3, -0.25) is 4.79 Å². The third kappa shape index (κ3) is 22.3. The minimum atomic E-state index is -1.09. The van der Waals surface area contributed by atoms with Crippen molar-refractivity contribution in [3.05, 3.63) is 12.2 Å². The molecule has 0 radical (unpaired) electrons. The fraction of sp³-hybridized carbons (Fsp3) is 0.903. The molecule has 1 amide bonds. The largest absolute Gasteiger partial charge is 0.394 e. The number of aliphatic hydroxyl groups excluding tert-OH is 3. The SMILES string of the molecule is CCCCCCCCCC/C=C/C(O)C(CO)NC(=O)C(O)CCCCCCCCCCCCCC. The van der Waals surface area contributed by atoms with Crippen LogP contribution < -0.4 is 5.32 Å². The van der Waals surface area contributed by atoms with E-state index in [1.807, 2.05) is 6.08 Å². The predicted octanol–water partition coefficient (Wildman–Crippen LogP) is 7.36. The molecule has 5 heteroatoms. The monoisotopic (exact) mass is 511 g/mol. The summed E-state index contributed by atoms with van der Waals surface area (Å²) in [6, 6.07) is -0.788. The normalized spacial score (nSPS) is 14.2. The lowest BCUT2D eigenvalue weighted by Gasteiger charge is -2.21. The highest BCUT2D eigenvalue weighted by molar-refractivity contribution is 5.80. The molecular weight excluding hydrogens is 450 g/mol. The van der Waals surface area contributed by atoms with Gasteiger partial charge in [-0.05, 0) is 19.3 Å². The second-order valence-corrected chi connectivity index (χ2v) is 10.7. The van der Waals surface area contributed by atoms with E-state index in [4.69, 9.17) is 0 Å². The molecular formula is C31H61NO4. The summed E-state index contributed by atoms with van der Waals surface area (Å²) in [6.45, 7) is 4.12. The van der Waals surface area contributed by atoms with Gasteiger partial charge in [-0.2, -0.15) is 0 Å². The molecule has 3 atom stereocenters. The number of allylic oxidation sites excluding steroid dienone is 1. The van der Waals surface area contributed by atoms with Crippen molar-refractivity contribution in [3.8, 4) is 0 Å². The number of amides is 1. The molecule has 0 rings (SSSR count). The maximum absolute atomic E-state index is 12.3. The minimum Gasteiger partial charge on any atom is -0.394 e. The van der Waals surface area contributed by atoms with E-state index in [-0.39, 0.29) is 6.61 Å². The van der Waals surface area contributed by atoms with Crippen LogP contribution in [0.5, 0.6) is 0 Å². The Morgan fingerprint density at radius 1 is 0.667 bits per heavy atom. The summed E-state index contributed by atoms with van der Waals surface area (Å²) in [7, 11) is 0. The van der Waals surface area contributed by atoms with Crippen LogP contribution in [0.4, 0.5) is 0 Å². The van der Waals surface area contributed by atoms with Crippen LogP contribution in [0, 0.1) is 0 Å². The van der Waals surface area contributed by atoms with Crippen LogP contribution in [-0.4, -0.2) is 46.1 Å². The number of carbonyl (C=O) groups excluding carboxylic acids is 1. The average molecular weight is 512 g/mol. The lowest BCUT2D eigenvalue weighted by molar-refractivity contribution is -0.131. The van der Waals surface area contributed by atoms with Crippen LogP contribution in [0.1, 0.15) is 155 Å². The molecule has 4 N–H and O–H groups in total. The molecule has 3 unspecified atom stereocenters. The second-order valence-electron chi connectivity index (χ2n) is 10.7. The highest BCUT2D eigenvalue weighted by Crippen LogP contribution is 2.13. The highest BCUT2D eigenvalue weighted by Gasteiger charge is 2.22. The van der Waals surface area contributed by atoms with Crippen molar-refractivity contribution in [2.24, 2.45) is 0 Å². The number of hydrogen-bond acceptors (Lipinski definition) is 4. The molecule has 0 aliphatic heterocycles. The van der Waals surface area contributed by atoms with Crippen molar-refractivity contribution < 1.29 is 20.1 Å². The van der Waals surface area contributed by atoms with Gasteiger partial charge < -0.3 is 20.6 Å². The number of unbranched alkanes of at least 4 members (excludes halogenated alkanes) is 19. The molecule has 0 aromatic carbocycles. The lowest BCUT2D eigenvalue weighted by Crippen LogP contribution is -2.48. The van der Waals surface area contributed by atoms with Crippen molar-refractivity contribution in [1.82, 2.24) is 5.32 Å². The molecule has 0 heterocycles. The average Bonchev–Trinajstić information content (AvgIpc) is 2.88. The minimum absolute atomic E-state index is 0.361. The van der Waals surface area contributed by atoms with Gasteiger partial charge in [0.15, 0.2) is 0 Å². The summed E-state index contributed by atoms with van der Waals surface area (Å²) in [5.74, 6) is -0.507. The van der Waals surface area contributed by atoms with Crippen molar-refractivity contribution >= 4 is 5.91 Å². The van der Waals surface area contributed by atoms with Crippen molar-refractivity contribution in [3.63, 3.8) is 0 Å². The topological polar surface area (TPSA) is 89.8 Å². The molecule has 0 aliphatic carbocycles. The summed E-state index contributed by atoms with van der Waals surface area (Å²) in [6.07, 6.45) is 27.9.